The number of hydrogen-bond donors (Lipinski definition) is 1. The van der Waals surface area contributed by atoms with Crippen molar-refractivity contribution in [3.8, 4) is 11.8 Å². The summed E-state index contributed by atoms with van der Waals surface area (Å²) in [6.45, 7) is 6.85. The Bertz CT molecular complexity index is 1040. The molecular weight excluding hydrogens is 362 g/mol. The summed E-state index contributed by atoms with van der Waals surface area (Å²) in [6, 6.07) is 17.1. The molecule has 4 nitrogen and oxygen atoms in total. The van der Waals surface area contributed by atoms with Crippen LogP contribution >= 0.6 is 0 Å². The zero-order valence-electron chi connectivity index (χ0n) is 17.2. The van der Waals surface area contributed by atoms with Crippen LogP contribution in [0.5, 0.6) is 0 Å². The highest BCUT2D eigenvalue weighted by atomic mass is 16.5. The number of aromatic nitrogens is 1. The molecule has 2 atom stereocenters. The van der Waals surface area contributed by atoms with Gasteiger partial charge in [0.25, 0.3) is 0 Å². The molecule has 0 aliphatic rings. The van der Waals surface area contributed by atoms with Crippen molar-refractivity contribution in [2.24, 2.45) is 0 Å². The first kappa shape index (κ1) is 20.7. The number of aliphatic hydroxyl groups excluding tert-OH is 1. The predicted octanol–water partition coefficient (Wildman–Crippen LogP) is 5.03. The van der Waals surface area contributed by atoms with Gasteiger partial charge in [-0.2, -0.15) is 0 Å². The molecule has 0 radical (unpaired) electrons. The average molecular weight is 389 g/mol. The van der Waals surface area contributed by atoms with Gasteiger partial charge >= 0.3 is 5.97 Å². The van der Waals surface area contributed by atoms with E-state index in [1.165, 1.54) is 5.56 Å². The number of fused-ring (bicyclic) bond motifs is 1. The van der Waals surface area contributed by atoms with Gasteiger partial charge in [0.15, 0.2) is 12.2 Å². The minimum absolute atomic E-state index is 0.397. The van der Waals surface area contributed by atoms with Crippen molar-refractivity contribution >= 4 is 16.9 Å². The first-order valence-corrected chi connectivity index (χ1v) is 10.1. The third kappa shape index (κ3) is 4.88. The quantitative estimate of drug-likeness (QED) is 0.475. The number of nitrogens with zero attached hydrogens (tertiary/aromatic N) is 1. The van der Waals surface area contributed by atoms with Crippen LogP contribution in [0.25, 0.3) is 10.9 Å². The van der Waals surface area contributed by atoms with Crippen LogP contribution in [0.2, 0.25) is 0 Å². The Morgan fingerprint density at radius 1 is 1.10 bits per heavy atom. The lowest BCUT2D eigenvalue weighted by molar-refractivity contribution is 0.0395. The zero-order chi connectivity index (χ0) is 20.8. The van der Waals surface area contributed by atoms with Crippen molar-refractivity contribution in [1.82, 2.24) is 4.57 Å². The van der Waals surface area contributed by atoms with Gasteiger partial charge in [0.05, 0.1) is 11.3 Å². The van der Waals surface area contributed by atoms with E-state index in [4.69, 9.17) is 4.74 Å². The van der Waals surface area contributed by atoms with Crippen LogP contribution in [-0.4, -0.2) is 21.7 Å². The maximum absolute atomic E-state index is 12.3. The maximum atomic E-state index is 12.3. The van der Waals surface area contributed by atoms with Gasteiger partial charge in [-0.15, -0.1) is 0 Å². The number of aryl methyl sites for hydroxylation is 2. The molecule has 0 aliphatic carbocycles. The number of esters is 1. The number of carbonyl (C=O) groups is 1. The molecule has 1 heterocycles. The number of benzene rings is 2. The van der Waals surface area contributed by atoms with Crippen molar-refractivity contribution < 1.29 is 14.6 Å². The molecule has 2 unspecified atom stereocenters. The molecule has 1 aromatic heterocycles. The van der Waals surface area contributed by atoms with Gasteiger partial charge < -0.3 is 14.4 Å². The van der Waals surface area contributed by atoms with Gasteiger partial charge in [0.2, 0.25) is 0 Å². The van der Waals surface area contributed by atoms with E-state index in [-0.39, 0.29) is 0 Å². The van der Waals surface area contributed by atoms with Gasteiger partial charge in [-0.25, -0.2) is 4.79 Å². The molecule has 29 heavy (non-hydrogen) atoms. The molecule has 0 fully saturated rings. The second kappa shape index (κ2) is 9.45. The first-order chi connectivity index (χ1) is 14.0. The Balaban J connectivity index is 1.82. The second-order valence-electron chi connectivity index (χ2n) is 7.12. The van der Waals surface area contributed by atoms with E-state index in [1.807, 2.05) is 26.0 Å². The summed E-state index contributed by atoms with van der Waals surface area (Å²) >= 11 is 0. The molecule has 0 amide bonds. The lowest BCUT2D eigenvalue weighted by Gasteiger charge is -2.13. The lowest BCUT2D eigenvalue weighted by atomic mass is 10.1. The Kier molecular flexibility index (Phi) is 6.74. The van der Waals surface area contributed by atoms with Crippen LogP contribution in [0.3, 0.4) is 0 Å². The Morgan fingerprint density at radius 3 is 2.55 bits per heavy atom. The third-order valence-electron chi connectivity index (χ3n) is 4.88. The van der Waals surface area contributed by atoms with E-state index in [2.05, 4.69) is 41.5 Å². The highest BCUT2D eigenvalue weighted by molar-refractivity contribution is 5.89. The van der Waals surface area contributed by atoms with E-state index >= 15 is 0 Å². The lowest BCUT2D eigenvalue weighted by Crippen LogP contribution is -2.17. The topological polar surface area (TPSA) is 51.5 Å². The Labute approximate surface area is 172 Å². The Morgan fingerprint density at radius 2 is 1.86 bits per heavy atom. The minimum atomic E-state index is -0.947. The number of ether oxygens (including phenoxy) is 1. The van der Waals surface area contributed by atoms with Gasteiger partial charge in [-0.05, 0) is 50.6 Å². The summed E-state index contributed by atoms with van der Waals surface area (Å²) in [5, 5.41) is 11.8. The normalized spacial score (nSPS) is 12.8. The highest BCUT2D eigenvalue weighted by Gasteiger charge is 2.16. The summed E-state index contributed by atoms with van der Waals surface area (Å²) < 4.78 is 7.63. The van der Waals surface area contributed by atoms with Gasteiger partial charge in [-0.1, -0.05) is 55.0 Å². The van der Waals surface area contributed by atoms with Crippen molar-refractivity contribution in [1.29, 1.82) is 0 Å². The summed E-state index contributed by atoms with van der Waals surface area (Å²) in [5.41, 5.74) is 3.51. The fourth-order valence-corrected chi connectivity index (χ4v) is 3.43. The largest absolute Gasteiger partial charge is 0.446 e. The van der Waals surface area contributed by atoms with Crippen LogP contribution in [0.4, 0.5) is 0 Å². The van der Waals surface area contributed by atoms with Crippen LogP contribution in [0, 0.1) is 18.8 Å². The maximum Gasteiger partial charge on any atom is 0.339 e. The molecule has 1 N–H and O–H groups in total. The van der Waals surface area contributed by atoms with Gasteiger partial charge in [-0.3, -0.25) is 0 Å². The van der Waals surface area contributed by atoms with E-state index < -0.39 is 18.2 Å². The smallest absolute Gasteiger partial charge is 0.339 e. The average Bonchev–Trinajstić information content (AvgIpc) is 3.10. The first-order valence-electron chi connectivity index (χ1n) is 10.1. The molecule has 2 aromatic carbocycles. The molecular formula is C25H27NO3. The number of aliphatic hydroxyl groups is 1. The van der Waals surface area contributed by atoms with Gasteiger partial charge in [0.1, 0.15) is 0 Å². The molecule has 4 heteroatoms. The van der Waals surface area contributed by atoms with Crippen LogP contribution < -0.4 is 0 Å². The fraction of sp³-hybridized carbons (Fsp3) is 0.320. The summed E-state index contributed by atoms with van der Waals surface area (Å²) in [4.78, 5) is 12.3. The van der Waals surface area contributed by atoms with Crippen molar-refractivity contribution in [2.45, 2.75) is 52.4 Å². The van der Waals surface area contributed by atoms with E-state index in [1.54, 1.807) is 24.3 Å². The third-order valence-corrected chi connectivity index (χ3v) is 4.88. The second-order valence-corrected chi connectivity index (χ2v) is 7.12. The molecule has 0 aliphatic heterocycles. The molecule has 0 saturated carbocycles. The molecule has 150 valence electrons. The van der Waals surface area contributed by atoms with E-state index in [0.29, 0.717) is 12.0 Å². The van der Waals surface area contributed by atoms with Crippen LogP contribution in [0.1, 0.15) is 54.4 Å². The van der Waals surface area contributed by atoms with Crippen LogP contribution in [0.15, 0.2) is 54.6 Å². The van der Waals surface area contributed by atoms with E-state index in [9.17, 15) is 9.90 Å². The molecule has 3 rings (SSSR count). The Hall–Kier alpha value is -3.03. The monoisotopic (exact) mass is 389 g/mol. The summed E-state index contributed by atoms with van der Waals surface area (Å²) in [7, 11) is 0. The number of rotatable bonds is 6. The summed E-state index contributed by atoms with van der Waals surface area (Å²) in [6.07, 6.45) is -0.0539. The molecule has 0 spiro atoms. The van der Waals surface area contributed by atoms with E-state index in [0.717, 1.165) is 29.6 Å². The summed E-state index contributed by atoms with van der Waals surface area (Å²) in [5.74, 6) is 5.47. The standard InChI is InChI=1S/C25H27NO3/c1-4-9-21(29-25(28)19-10-7-6-8-11-19)13-15-24(27)23-17-20-16-18(3)12-14-22(20)26(23)5-2/h6-8,10-12,14,16-17,21,24,27H,4-5,9H2,1-3H3. The molecule has 0 saturated heterocycles. The number of hydrogen-bond acceptors (Lipinski definition) is 3. The molecule has 3 aromatic rings. The van der Waals surface area contributed by atoms with Gasteiger partial charge in [0, 0.05) is 17.4 Å². The van der Waals surface area contributed by atoms with Crippen LogP contribution in [-0.2, 0) is 11.3 Å². The minimum Gasteiger partial charge on any atom is -0.446 e. The predicted molar refractivity (Wildman–Crippen MR) is 116 cm³/mol. The SMILES string of the molecule is CCCC(C#CC(O)c1cc2cc(C)ccc2n1CC)OC(=O)c1ccccc1. The van der Waals surface area contributed by atoms with Crippen molar-refractivity contribution in [3.05, 3.63) is 71.4 Å². The molecule has 0 bridgehead atoms. The fourth-order valence-electron chi connectivity index (χ4n) is 3.43. The van der Waals surface area contributed by atoms with Crippen molar-refractivity contribution in [3.63, 3.8) is 0 Å². The highest BCUT2D eigenvalue weighted by Crippen LogP contribution is 2.25. The zero-order valence-corrected chi connectivity index (χ0v) is 17.2. The number of carbonyl (C=O) groups excluding carboxylic acids is 1. The van der Waals surface area contributed by atoms with Crippen molar-refractivity contribution in [2.75, 3.05) is 0 Å².